The van der Waals surface area contributed by atoms with E-state index < -0.39 is 0 Å². The van der Waals surface area contributed by atoms with E-state index >= 15 is 0 Å². The van der Waals surface area contributed by atoms with Crippen LogP contribution in [0.25, 0.3) is 10.9 Å². The predicted octanol–water partition coefficient (Wildman–Crippen LogP) is 2.28. The maximum atomic E-state index is 13.1. The lowest BCUT2D eigenvalue weighted by atomic mass is 10.0. The number of likely N-dealkylation sites (tertiary alicyclic amines) is 1. The van der Waals surface area contributed by atoms with Gasteiger partial charge in [-0.1, -0.05) is 24.6 Å². The van der Waals surface area contributed by atoms with Crippen LogP contribution in [0, 0.1) is 0 Å². The van der Waals surface area contributed by atoms with Crippen molar-refractivity contribution < 1.29 is 14.4 Å². The number of rotatable bonds is 4. The van der Waals surface area contributed by atoms with Crippen molar-refractivity contribution in [2.45, 2.75) is 26.2 Å². The fourth-order valence-electron chi connectivity index (χ4n) is 3.89. The second-order valence-corrected chi connectivity index (χ2v) is 7.07. The van der Waals surface area contributed by atoms with Crippen LogP contribution in [0.3, 0.4) is 0 Å². The molecule has 7 nitrogen and oxygen atoms in total. The SMILES string of the molecule is CC(=O)Nc1nc2ccccc2c2c1C(=O)N(CCN1CCCCC1)C2=O. The molecule has 2 aliphatic rings. The maximum absolute atomic E-state index is 13.1. The number of carbonyl (C=O) groups is 3. The molecule has 0 unspecified atom stereocenters. The molecule has 2 aliphatic heterocycles. The van der Waals surface area contributed by atoms with Crippen molar-refractivity contribution in [1.82, 2.24) is 14.8 Å². The molecule has 1 aromatic carbocycles. The Morgan fingerprint density at radius 1 is 1.04 bits per heavy atom. The first-order chi connectivity index (χ1) is 13.1. The van der Waals surface area contributed by atoms with Gasteiger partial charge in [0.1, 0.15) is 5.82 Å². The van der Waals surface area contributed by atoms with E-state index in [4.69, 9.17) is 0 Å². The Kier molecular flexibility index (Phi) is 4.61. The molecule has 0 spiro atoms. The minimum atomic E-state index is -0.381. The molecule has 0 bridgehead atoms. The summed E-state index contributed by atoms with van der Waals surface area (Å²) in [6, 6.07) is 7.19. The molecular weight excluding hydrogens is 344 g/mol. The van der Waals surface area contributed by atoms with Gasteiger partial charge in [-0.25, -0.2) is 4.98 Å². The van der Waals surface area contributed by atoms with Gasteiger partial charge in [0, 0.05) is 25.4 Å². The number of piperidine rings is 1. The summed E-state index contributed by atoms with van der Waals surface area (Å²) in [6.45, 7) is 4.39. The van der Waals surface area contributed by atoms with E-state index in [0.29, 0.717) is 29.6 Å². The minimum Gasteiger partial charge on any atom is -0.310 e. The van der Waals surface area contributed by atoms with Crippen LogP contribution in [-0.4, -0.2) is 58.7 Å². The van der Waals surface area contributed by atoms with Gasteiger partial charge in [0.25, 0.3) is 11.8 Å². The van der Waals surface area contributed by atoms with Gasteiger partial charge in [-0.15, -0.1) is 0 Å². The number of fused-ring (bicyclic) bond motifs is 3. The number of imide groups is 1. The monoisotopic (exact) mass is 366 g/mol. The summed E-state index contributed by atoms with van der Waals surface area (Å²) in [6.07, 6.45) is 3.55. The molecule has 27 heavy (non-hydrogen) atoms. The Bertz CT molecular complexity index is 934. The molecule has 3 heterocycles. The zero-order valence-electron chi connectivity index (χ0n) is 15.3. The van der Waals surface area contributed by atoms with E-state index in [1.54, 1.807) is 12.1 Å². The highest BCUT2D eigenvalue weighted by atomic mass is 16.2. The predicted molar refractivity (Wildman–Crippen MR) is 102 cm³/mol. The van der Waals surface area contributed by atoms with Crippen molar-refractivity contribution in [2.75, 3.05) is 31.5 Å². The van der Waals surface area contributed by atoms with Crippen molar-refractivity contribution in [2.24, 2.45) is 0 Å². The first-order valence-electron chi connectivity index (χ1n) is 9.35. The highest BCUT2D eigenvalue weighted by Gasteiger charge is 2.40. The van der Waals surface area contributed by atoms with Gasteiger partial charge in [-0.3, -0.25) is 19.3 Å². The number of carbonyl (C=O) groups excluding carboxylic acids is 3. The summed E-state index contributed by atoms with van der Waals surface area (Å²) in [5.74, 6) is -0.853. The van der Waals surface area contributed by atoms with Crippen molar-refractivity contribution in [3.8, 4) is 0 Å². The van der Waals surface area contributed by atoms with Gasteiger partial charge in [0.15, 0.2) is 0 Å². The smallest absolute Gasteiger partial charge is 0.265 e. The van der Waals surface area contributed by atoms with E-state index in [1.807, 2.05) is 12.1 Å². The zero-order chi connectivity index (χ0) is 19.0. The fraction of sp³-hybridized carbons (Fsp3) is 0.400. The Morgan fingerprint density at radius 2 is 1.74 bits per heavy atom. The van der Waals surface area contributed by atoms with Crippen molar-refractivity contribution in [3.05, 3.63) is 35.4 Å². The second kappa shape index (κ2) is 7.08. The summed E-state index contributed by atoms with van der Waals surface area (Å²) in [7, 11) is 0. The largest absolute Gasteiger partial charge is 0.310 e. The number of amides is 3. The molecule has 3 amide bonds. The number of nitrogens with zero attached hydrogens (tertiary/aromatic N) is 3. The van der Waals surface area contributed by atoms with Crippen molar-refractivity contribution in [3.63, 3.8) is 0 Å². The summed E-state index contributed by atoms with van der Waals surface area (Å²) in [5.41, 5.74) is 1.12. The fourth-order valence-corrected chi connectivity index (χ4v) is 3.89. The number of anilines is 1. The third kappa shape index (κ3) is 3.19. The van der Waals surface area contributed by atoms with Crippen LogP contribution in [0.4, 0.5) is 5.82 Å². The molecule has 1 aromatic heterocycles. The van der Waals surface area contributed by atoms with Gasteiger partial charge in [0.05, 0.1) is 16.6 Å². The van der Waals surface area contributed by atoms with Gasteiger partial charge in [0.2, 0.25) is 5.91 Å². The molecule has 1 saturated heterocycles. The normalized spacial score (nSPS) is 17.4. The third-order valence-electron chi connectivity index (χ3n) is 5.19. The zero-order valence-corrected chi connectivity index (χ0v) is 15.3. The Labute approximate surface area is 157 Å². The van der Waals surface area contributed by atoms with Crippen LogP contribution in [0.1, 0.15) is 46.9 Å². The van der Waals surface area contributed by atoms with Gasteiger partial charge in [-0.05, 0) is 32.0 Å². The quantitative estimate of drug-likeness (QED) is 0.840. The average Bonchev–Trinajstić information content (AvgIpc) is 2.92. The standard InChI is InChI=1S/C20H22N4O3/c1-13(25)21-18-17-16(14-7-3-4-8-15(14)22-18)19(26)24(20(17)27)12-11-23-9-5-2-6-10-23/h3-4,7-8H,2,5-6,9-12H2,1H3,(H,21,22,25). The van der Waals surface area contributed by atoms with Gasteiger partial charge in [-0.2, -0.15) is 0 Å². The molecule has 4 rings (SSSR count). The van der Waals surface area contributed by atoms with E-state index in [1.165, 1.54) is 18.2 Å². The van der Waals surface area contributed by atoms with Gasteiger partial charge >= 0.3 is 0 Å². The van der Waals surface area contributed by atoms with Crippen LogP contribution in [0.2, 0.25) is 0 Å². The summed E-state index contributed by atoms with van der Waals surface area (Å²) < 4.78 is 0. The average molecular weight is 366 g/mol. The number of hydrogen-bond donors (Lipinski definition) is 1. The highest BCUT2D eigenvalue weighted by molar-refractivity contribution is 6.28. The maximum Gasteiger partial charge on any atom is 0.265 e. The molecule has 0 saturated carbocycles. The second-order valence-electron chi connectivity index (χ2n) is 7.07. The molecule has 0 aliphatic carbocycles. The van der Waals surface area contributed by atoms with Gasteiger partial charge < -0.3 is 10.2 Å². The summed E-state index contributed by atoms with van der Waals surface area (Å²) in [5, 5.41) is 3.25. The molecule has 1 fully saturated rings. The van der Waals surface area contributed by atoms with E-state index in [9.17, 15) is 14.4 Å². The molecule has 7 heteroatoms. The molecule has 2 aromatic rings. The lowest BCUT2D eigenvalue weighted by Crippen LogP contribution is -2.40. The Morgan fingerprint density at radius 3 is 2.48 bits per heavy atom. The number of benzene rings is 1. The lowest BCUT2D eigenvalue weighted by Gasteiger charge is -2.27. The highest BCUT2D eigenvalue weighted by Crippen LogP contribution is 2.34. The molecule has 0 radical (unpaired) electrons. The molecule has 1 N–H and O–H groups in total. The topological polar surface area (TPSA) is 82.6 Å². The lowest BCUT2D eigenvalue weighted by molar-refractivity contribution is -0.114. The van der Waals surface area contributed by atoms with Crippen LogP contribution >= 0.6 is 0 Å². The molecule has 0 atom stereocenters. The van der Waals surface area contributed by atoms with Crippen LogP contribution in [-0.2, 0) is 4.79 Å². The Balaban J connectivity index is 1.70. The number of nitrogens with one attached hydrogen (secondary N) is 1. The summed E-state index contributed by atoms with van der Waals surface area (Å²) >= 11 is 0. The number of hydrogen-bond acceptors (Lipinski definition) is 5. The third-order valence-corrected chi connectivity index (χ3v) is 5.19. The first kappa shape index (κ1) is 17.6. The molecule has 140 valence electrons. The Hall–Kier alpha value is -2.80. The number of aromatic nitrogens is 1. The van der Waals surface area contributed by atoms with E-state index in [2.05, 4.69) is 15.2 Å². The van der Waals surface area contributed by atoms with Crippen molar-refractivity contribution >= 4 is 34.4 Å². The number of pyridine rings is 1. The van der Waals surface area contributed by atoms with Crippen molar-refractivity contribution in [1.29, 1.82) is 0 Å². The number of para-hydroxylation sites is 1. The summed E-state index contributed by atoms with van der Waals surface area (Å²) in [4.78, 5) is 45.7. The minimum absolute atomic E-state index is 0.162. The van der Waals surface area contributed by atoms with Crippen LogP contribution < -0.4 is 5.32 Å². The first-order valence-corrected chi connectivity index (χ1v) is 9.35. The van der Waals surface area contributed by atoms with E-state index in [0.717, 1.165) is 25.9 Å². The van der Waals surface area contributed by atoms with Crippen LogP contribution in [0.5, 0.6) is 0 Å². The van der Waals surface area contributed by atoms with E-state index in [-0.39, 0.29) is 29.1 Å². The van der Waals surface area contributed by atoms with Crippen LogP contribution in [0.15, 0.2) is 24.3 Å². The molecular formula is C20H22N4O3.